The number of rotatable bonds is 4. The van der Waals surface area contributed by atoms with Crippen LogP contribution in [-0.4, -0.2) is 45.3 Å². The lowest BCUT2D eigenvalue weighted by molar-refractivity contribution is -0.260. The molecule has 8 atom stereocenters. The molecule has 1 N–H and O–H groups in total. The SMILES string of the molecule is CC(C)(C)c1ccc(CN2CC3CC4C5CCC6=CC(=O)C=CC6(C)C5(C)C(O)CC4(C)C3(C(=O)SCF)O2)cc1. The van der Waals surface area contributed by atoms with E-state index in [-0.39, 0.29) is 34.1 Å². The highest BCUT2D eigenvalue weighted by atomic mass is 32.2. The van der Waals surface area contributed by atoms with Gasteiger partial charge in [0.25, 0.3) is 0 Å². The molecule has 1 aromatic carbocycles. The summed E-state index contributed by atoms with van der Waals surface area (Å²) in [5, 5.41) is 13.7. The molecular weight excluding hydrogens is 537 g/mol. The summed E-state index contributed by atoms with van der Waals surface area (Å²) < 4.78 is 13.7. The Kier molecular flexibility index (Phi) is 6.86. The summed E-state index contributed by atoms with van der Waals surface area (Å²) in [6, 6.07) is 7.77. The highest BCUT2D eigenvalue weighted by molar-refractivity contribution is 8.13. The first-order valence-electron chi connectivity index (χ1n) is 15.1. The van der Waals surface area contributed by atoms with Crippen molar-refractivity contribution in [1.82, 2.24) is 5.06 Å². The fraction of sp³-hybridized carbons (Fsp3) is 0.647. The Hall–Kier alpha value is -1.80. The zero-order valence-electron chi connectivity index (χ0n) is 25.2. The maximum absolute atomic E-state index is 14.0. The molecule has 0 spiro atoms. The quantitative estimate of drug-likeness (QED) is 0.435. The third-order valence-electron chi connectivity index (χ3n) is 12.1. The number of hydrogen-bond acceptors (Lipinski definition) is 6. The van der Waals surface area contributed by atoms with Gasteiger partial charge in [0.1, 0.15) is 6.01 Å². The van der Waals surface area contributed by atoms with Crippen LogP contribution in [0.1, 0.15) is 78.4 Å². The van der Waals surface area contributed by atoms with E-state index in [1.54, 1.807) is 12.2 Å². The second-order valence-corrected chi connectivity index (χ2v) is 15.7. The molecule has 1 heterocycles. The van der Waals surface area contributed by atoms with E-state index < -0.39 is 34.0 Å². The number of ketones is 1. The Morgan fingerprint density at radius 3 is 2.54 bits per heavy atom. The molecule has 1 aliphatic heterocycles. The number of aliphatic hydroxyl groups is 1. The van der Waals surface area contributed by atoms with Gasteiger partial charge < -0.3 is 5.11 Å². The van der Waals surface area contributed by atoms with E-state index in [4.69, 9.17) is 4.84 Å². The van der Waals surface area contributed by atoms with Crippen LogP contribution < -0.4 is 0 Å². The molecule has 7 heteroatoms. The van der Waals surface area contributed by atoms with Crippen molar-refractivity contribution in [3.05, 3.63) is 59.2 Å². The topological polar surface area (TPSA) is 66.8 Å². The molecule has 0 radical (unpaired) electrons. The van der Waals surface area contributed by atoms with E-state index in [1.807, 2.05) is 11.1 Å². The molecule has 1 saturated heterocycles. The lowest BCUT2D eigenvalue weighted by Crippen LogP contribution is -2.66. The Morgan fingerprint density at radius 2 is 1.88 bits per heavy atom. The summed E-state index contributed by atoms with van der Waals surface area (Å²) in [5.74, 6) is 0.214. The van der Waals surface area contributed by atoms with E-state index in [0.29, 0.717) is 31.3 Å². The number of halogens is 1. The predicted octanol–water partition coefficient (Wildman–Crippen LogP) is 6.55. The molecule has 3 saturated carbocycles. The zero-order valence-corrected chi connectivity index (χ0v) is 26.0. The van der Waals surface area contributed by atoms with E-state index in [1.165, 1.54) is 5.56 Å². The van der Waals surface area contributed by atoms with Crippen molar-refractivity contribution in [2.24, 2.45) is 34.0 Å². The third-order valence-corrected chi connectivity index (χ3v) is 12.8. The molecule has 6 rings (SSSR count). The largest absolute Gasteiger partial charge is 0.392 e. The van der Waals surface area contributed by atoms with Crippen LogP contribution in [0.25, 0.3) is 0 Å². The van der Waals surface area contributed by atoms with Gasteiger partial charge in [-0.3, -0.25) is 14.4 Å². The van der Waals surface area contributed by atoms with Gasteiger partial charge >= 0.3 is 0 Å². The van der Waals surface area contributed by atoms with Gasteiger partial charge in [-0.2, -0.15) is 5.06 Å². The van der Waals surface area contributed by atoms with Gasteiger partial charge in [-0.25, -0.2) is 4.39 Å². The van der Waals surface area contributed by atoms with Gasteiger partial charge in [0.05, 0.1) is 6.10 Å². The third kappa shape index (κ3) is 3.98. The average Bonchev–Trinajstić information content (AvgIpc) is 3.37. The maximum Gasteiger partial charge on any atom is 0.226 e. The monoisotopic (exact) mass is 581 g/mol. The maximum atomic E-state index is 14.0. The van der Waals surface area contributed by atoms with Crippen LogP contribution in [0.15, 0.2) is 48.1 Å². The number of hydroxylamine groups is 2. The number of benzene rings is 1. The molecule has 5 aliphatic rings. The van der Waals surface area contributed by atoms with Crippen LogP contribution in [0.4, 0.5) is 4.39 Å². The van der Waals surface area contributed by atoms with E-state index >= 15 is 0 Å². The summed E-state index contributed by atoms with van der Waals surface area (Å²) in [6.45, 7) is 14.2. The zero-order chi connectivity index (χ0) is 29.6. The number of allylic oxidation sites excluding steroid dienone is 4. The van der Waals surface area contributed by atoms with E-state index in [9.17, 15) is 19.1 Å². The van der Waals surface area contributed by atoms with Crippen molar-refractivity contribution < 1.29 is 23.9 Å². The molecule has 5 nitrogen and oxygen atoms in total. The average molecular weight is 582 g/mol. The van der Waals surface area contributed by atoms with Gasteiger partial charge in [-0.1, -0.05) is 89.2 Å². The van der Waals surface area contributed by atoms with Crippen LogP contribution >= 0.6 is 11.8 Å². The number of thioether (sulfide) groups is 1. The van der Waals surface area contributed by atoms with E-state index in [0.717, 1.165) is 30.4 Å². The number of aliphatic hydroxyl groups excluding tert-OH is 1. The van der Waals surface area contributed by atoms with Crippen molar-refractivity contribution >= 4 is 22.7 Å². The minimum absolute atomic E-state index is 0.0133. The molecule has 0 aromatic heterocycles. The van der Waals surface area contributed by atoms with Crippen LogP contribution in [0.2, 0.25) is 0 Å². The van der Waals surface area contributed by atoms with Crippen molar-refractivity contribution in [3.63, 3.8) is 0 Å². The standard InChI is InChI=1S/C34H44FNO4S/c1-30(2,3)22-9-7-21(8-10-22)18-36-19-24-16-27-26-12-11-23-15-25(37)13-14-31(23,4)33(26,6)28(38)17-32(27,5)34(24,40-36)29(39)41-20-35/h7-10,13-15,24,26-28,38H,11-12,16-20H2,1-6H3. The molecule has 0 amide bonds. The van der Waals surface area contributed by atoms with E-state index in [2.05, 4.69) is 65.8 Å². The first-order valence-corrected chi connectivity index (χ1v) is 16.1. The first-order chi connectivity index (χ1) is 19.2. The highest BCUT2D eigenvalue weighted by Gasteiger charge is 2.77. The molecule has 8 unspecified atom stereocenters. The van der Waals surface area contributed by atoms with Crippen molar-refractivity contribution in [1.29, 1.82) is 0 Å². The van der Waals surface area contributed by atoms with Gasteiger partial charge in [0.2, 0.25) is 5.12 Å². The number of carbonyl (C=O) groups excluding carboxylic acids is 2. The summed E-state index contributed by atoms with van der Waals surface area (Å²) in [4.78, 5) is 33.0. The summed E-state index contributed by atoms with van der Waals surface area (Å²) in [6.07, 6.45) is 7.59. The summed E-state index contributed by atoms with van der Waals surface area (Å²) >= 11 is 0.714. The summed E-state index contributed by atoms with van der Waals surface area (Å²) in [7, 11) is 0. The molecule has 1 aromatic rings. The fourth-order valence-electron chi connectivity index (χ4n) is 9.66. The predicted molar refractivity (Wildman–Crippen MR) is 159 cm³/mol. The second-order valence-electron chi connectivity index (χ2n) is 14.8. The van der Waals surface area contributed by atoms with Crippen LogP contribution in [0.5, 0.6) is 0 Å². The minimum atomic E-state index is -1.18. The summed E-state index contributed by atoms with van der Waals surface area (Å²) in [5.41, 5.74) is 0.794. The lowest BCUT2D eigenvalue weighted by Gasteiger charge is -2.65. The van der Waals surface area contributed by atoms with Crippen LogP contribution in [0.3, 0.4) is 0 Å². The molecule has 41 heavy (non-hydrogen) atoms. The lowest BCUT2D eigenvalue weighted by atomic mass is 9.40. The molecular formula is C34H44FNO4S. The minimum Gasteiger partial charge on any atom is -0.392 e. The fourth-order valence-corrected chi connectivity index (χ4v) is 10.4. The molecule has 0 bridgehead atoms. The molecule has 4 aliphatic carbocycles. The van der Waals surface area contributed by atoms with Gasteiger partial charge in [-0.15, -0.1) is 0 Å². The van der Waals surface area contributed by atoms with Gasteiger partial charge in [0.15, 0.2) is 11.4 Å². The number of hydrogen-bond donors (Lipinski definition) is 1. The van der Waals surface area contributed by atoms with Crippen molar-refractivity contribution in [2.45, 2.75) is 90.9 Å². The van der Waals surface area contributed by atoms with Crippen molar-refractivity contribution in [2.75, 3.05) is 12.6 Å². The smallest absolute Gasteiger partial charge is 0.226 e. The molecule has 222 valence electrons. The van der Waals surface area contributed by atoms with Crippen LogP contribution in [-0.2, 0) is 26.4 Å². The number of fused-ring (bicyclic) bond motifs is 7. The van der Waals surface area contributed by atoms with Gasteiger partial charge in [-0.05, 0) is 66.2 Å². The first kappa shape index (κ1) is 29.3. The normalized spacial score (nSPS) is 41.9. The highest BCUT2D eigenvalue weighted by Crippen LogP contribution is 2.74. The molecule has 4 fully saturated rings. The Bertz CT molecular complexity index is 1320. The van der Waals surface area contributed by atoms with Crippen molar-refractivity contribution in [3.8, 4) is 0 Å². The number of nitrogens with zero attached hydrogens (tertiary/aromatic N) is 1. The van der Waals surface area contributed by atoms with Crippen LogP contribution in [0, 0.1) is 34.0 Å². The van der Waals surface area contributed by atoms with Gasteiger partial charge in [0, 0.05) is 35.3 Å². The second kappa shape index (κ2) is 9.60. The Balaban J connectivity index is 1.34. The Morgan fingerprint density at radius 1 is 1.17 bits per heavy atom. The number of carbonyl (C=O) groups is 2. The Labute approximate surface area is 247 Å². The number of alkyl halides is 1.